The van der Waals surface area contributed by atoms with Gasteiger partial charge in [0.25, 0.3) is 0 Å². The fraction of sp³-hybridized carbons (Fsp3) is 0.538. The van der Waals surface area contributed by atoms with Crippen LogP contribution in [0.15, 0.2) is 6.07 Å². The van der Waals surface area contributed by atoms with E-state index in [9.17, 15) is 0 Å². The van der Waals surface area contributed by atoms with Gasteiger partial charge in [-0.15, -0.1) is 0 Å². The van der Waals surface area contributed by atoms with Crippen LogP contribution in [0.2, 0.25) is 0 Å². The Balaban J connectivity index is 3.20. The molecule has 0 amide bonds. The highest BCUT2D eigenvalue weighted by atomic mass is 16.5. The molecule has 0 unspecified atom stereocenters. The van der Waals surface area contributed by atoms with Gasteiger partial charge in [0.15, 0.2) is 0 Å². The largest absolute Gasteiger partial charge is 0.496 e. The zero-order valence-electron chi connectivity index (χ0n) is 10.6. The van der Waals surface area contributed by atoms with E-state index in [1.807, 2.05) is 6.92 Å². The zero-order valence-corrected chi connectivity index (χ0v) is 10.6. The van der Waals surface area contributed by atoms with Crippen molar-refractivity contribution in [2.24, 2.45) is 5.73 Å². The molecular formula is C13H21NO2. The van der Waals surface area contributed by atoms with Crippen molar-refractivity contribution >= 4 is 0 Å². The van der Waals surface area contributed by atoms with Gasteiger partial charge in [0.05, 0.1) is 14.2 Å². The number of rotatable bonds is 5. The lowest BCUT2D eigenvalue weighted by Crippen LogP contribution is -2.05. The lowest BCUT2D eigenvalue weighted by molar-refractivity contribution is 0.384. The molecule has 0 aromatic heterocycles. The number of hydrogen-bond donors (Lipinski definition) is 1. The van der Waals surface area contributed by atoms with Gasteiger partial charge in [0.2, 0.25) is 0 Å². The molecule has 0 saturated carbocycles. The molecule has 16 heavy (non-hydrogen) atoms. The predicted octanol–water partition coefficient (Wildman–Crippen LogP) is 2.21. The first-order valence-electron chi connectivity index (χ1n) is 5.56. The quantitative estimate of drug-likeness (QED) is 0.832. The van der Waals surface area contributed by atoms with Crippen LogP contribution in [0.3, 0.4) is 0 Å². The molecule has 90 valence electrons. The van der Waals surface area contributed by atoms with Gasteiger partial charge in [-0.1, -0.05) is 0 Å². The molecule has 3 heteroatoms. The lowest BCUT2D eigenvalue weighted by atomic mass is 9.98. The maximum atomic E-state index is 5.55. The summed E-state index contributed by atoms with van der Waals surface area (Å²) in [5, 5.41) is 0. The number of methoxy groups -OCH3 is 2. The van der Waals surface area contributed by atoms with Crippen molar-refractivity contribution in [1.29, 1.82) is 0 Å². The molecule has 1 rings (SSSR count). The molecule has 0 saturated heterocycles. The summed E-state index contributed by atoms with van der Waals surface area (Å²) in [4.78, 5) is 0. The van der Waals surface area contributed by atoms with Gasteiger partial charge in [-0.3, -0.25) is 0 Å². The molecule has 0 radical (unpaired) electrons. The van der Waals surface area contributed by atoms with E-state index in [1.54, 1.807) is 14.2 Å². The molecule has 0 fully saturated rings. The number of ether oxygens (including phenoxy) is 2. The fourth-order valence-electron chi connectivity index (χ4n) is 1.99. The first-order chi connectivity index (χ1) is 7.65. The highest BCUT2D eigenvalue weighted by Gasteiger charge is 2.13. The van der Waals surface area contributed by atoms with E-state index in [0.717, 1.165) is 29.9 Å². The summed E-state index contributed by atoms with van der Waals surface area (Å²) in [6.45, 7) is 4.80. The van der Waals surface area contributed by atoms with Crippen molar-refractivity contribution < 1.29 is 9.47 Å². The van der Waals surface area contributed by atoms with Gasteiger partial charge in [-0.25, -0.2) is 0 Å². The summed E-state index contributed by atoms with van der Waals surface area (Å²) in [6, 6.07) is 2.06. The maximum Gasteiger partial charge on any atom is 0.128 e. The number of benzene rings is 1. The molecule has 0 aliphatic heterocycles. The second-order valence-corrected chi connectivity index (χ2v) is 3.92. The molecule has 0 spiro atoms. The first-order valence-corrected chi connectivity index (χ1v) is 5.56. The average molecular weight is 223 g/mol. The van der Waals surface area contributed by atoms with Gasteiger partial charge in [-0.05, 0) is 50.4 Å². The van der Waals surface area contributed by atoms with Crippen LogP contribution >= 0.6 is 0 Å². The van der Waals surface area contributed by atoms with Crippen LogP contribution in [0, 0.1) is 13.8 Å². The number of hydrogen-bond acceptors (Lipinski definition) is 3. The molecular weight excluding hydrogens is 202 g/mol. The standard InChI is InChI=1S/C13H21NO2/c1-9-8-12(15-3)10(2)13(16-4)11(9)6-5-7-14/h8H,5-7,14H2,1-4H3. The molecule has 3 nitrogen and oxygen atoms in total. The van der Waals surface area contributed by atoms with Crippen LogP contribution in [0.1, 0.15) is 23.1 Å². The summed E-state index contributed by atoms with van der Waals surface area (Å²) < 4.78 is 10.8. The minimum absolute atomic E-state index is 0.702. The van der Waals surface area contributed by atoms with Gasteiger partial charge in [0.1, 0.15) is 11.5 Å². The van der Waals surface area contributed by atoms with E-state index in [4.69, 9.17) is 15.2 Å². The minimum Gasteiger partial charge on any atom is -0.496 e. The topological polar surface area (TPSA) is 44.5 Å². The van der Waals surface area contributed by atoms with E-state index in [2.05, 4.69) is 13.0 Å². The molecule has 2 N–H and O–H groups in total. The monoisotopic (exact) mass is 223 g/mol. The van der Waals surface area contributed by atoms with E-state index in [0.29, 0.717) is 6.54 Å². The Morgan fingerprint density at radius 3 is 2.38 bits per heavy atom. The van der Waals surface area contributed by atoms with Crippen LogP contribution in [0.25, 0.3) is 0 Å². The molecule has 0 atom stereocenters. The normalized spacial score (nSPS) is 10.3. The highest BCUT2D eigenvalue weighted by molar-refractivity contribution is 5.53. The minimum atomic E-state index is 0.702. The summed E-state index contributed by atoms with van der Waals surface area (Å²) in [5.74, 6) is 1.82. The second-order valence-electron chi connectivity index (χ2n) is 3.92. The summed E-state index contributed by atoms with van der Waals surface area (Å²) >= 11 is 0. The molecule has 0 aliphatic rings. The van der Waals surface area contributed by atoms with Crippen molar-refractivity contribution in [2.45, 2.75) is 26.7 Å². The third kappa shape index (κ3) is 2.47. The summed E-state index contributed by atoms with van der Waals surface area (Å²) in [7, 11) is 3.38. The Bertz CT molecular complexity index is 361. The summed E-state index contributed by atoms with van der Waals surface area (Å²) in [5.41, 5.74) is 9.05. The average Bonchev–Trinajstić information content (AvgIpc) is 2.29. The van der Waals surface area contributed by atoms with Crippen molar-refractivity contribution in [1.82, 2.24) is 0 Å². The third-order valence-corrected chi connectivity index (χ3v) is 2.86. The molecule has 1 aromatic rings. The van der Waals surface area contributed by atoms with Crippen molar-refractivity contribution in [2.75, 3.05) is 20.8 Å². The van der Waals surface area contributed by atoms with E-state index in [1.165, 1.54) is 11.1 Å². The molecule has 0 heterocycles. The van der Waals surface area contributed by atoms with Crippen LogP contribution < -0.4 is 15.2 Å². The van der Waals surface area contributed by atoms with Crippen molar-refractivity contribution in [3.8, 4) is 11.5 Å². The SMILES string of the molecule is COc1cc(C)c(CCCN)c(OC)c1C. The van der Waals surface area contributed by atoms with E-state index < -0.39 is 0 Å². The first kappa shape index (κ1) is 12.8. The highest BCUT2D eigenvalue weighted by Crippen LogP contribution is 2.34. The van der Waals surface area contributed by atoms with Crippen molar-refractivity contribution in [3.63, 3.8) is 0 Å². The Kier molecular flexibility index (Phi) is 4.62. The maximum absolute atomic E-state index is 5.55. The van der Waals surface area contributed by atoms with Gasteiger partial charge in [0, 0.05) is 5.56 Å². The summed E-state index contributed by atoms with van der Waals surface area (Å²) in [6.07, 6.45) is 1.93. The van der Waals surface area contributed by atoms with Gasteiger partial charge in [-0.2, -0.15) is 0 Å². The Morgan fingerprint density at radius 2 is 1.88 bits per heavy atom. The Labute approximate surface area is 97.6 Å². The molecule has 0 bridgehead atoms. The smallest absolute Gasteiger partial charge is 0.128 e. The Hall–Kier alpha value is -1.22. The van der Waals surface area contributed by atoms with E-state index >= 15 is 0 Å². The molecule has 0 aliphatic carbocycles. The van der Waals surface area contributed by atoms with Gasteiger partial charge < -0.3 is 15.2 Å². The van der Waals surface area contributed by atoms with Gasteiger partial charge >= 0.3 is 0 Å². The zero-order chi connectivity index (χ0) is 12.1. The van der Waals surface area contributed by atoms with E-state index in [-0.39, 0.29) is 0 Å². The van der Waals surface area contributed by atoms with Crippen LogP contribution in [-0.4, -0.2) is 20.8 Å². The fourth-order valence-corrected chi connectivity index (χ4v) is 1.99. The lowest BCUT2D eigenvalue weighted by Gasteiger charge is -2.17. The predicted molar refractivity (Wildman–Crippen MR) is 66.4 cm³/mol. The van der Waals surface area contributed by atoms with Crippen LogP contribution in [0.4, 0.5) is 0 Å². The third-order valence-electron chi connectivity index (χ3n) is 2.86. The Morgan fingerprint density at radius 1 is 1.19 bits per heavy atom. The number of nitrogens with two attached hydrogens (primary N) is 1. The second kappa shape index (κ2) is 5.75. The van der Waals surface area contributed by atoms with Crippen molar-refractivity contribution in [3.05, 3.63) is 22.8 Å². The van der Waals surface area contributed by atoms with Crippen LogP contribution in [0.5, 0.6) is 11.5 Å². The molecule has 1 aromatic carbocycles. The van der Waals surface area contributed by atoms with Crippen LogP contribution in [-0.2, 0) is 6.42 Å². The number of aryl methyl sites for hydroxylation is 1.